The van der Waals surface area contributed by atoms with Crippen LogP contribution in [0.3, 0.4) is 0 Å². The Morgan fingerprint density at radius 3 is 2.62 bits per heavy atom. The molecule has 0 aliphatic carbocycles. The normalized spacial score (nSPS) is 11.0. The number of carboxylic acid groups (broad SMARTS) is 1. The molecule has 10 nitrogen and oxygen atoms in total. The molecule has 0 amide bonds. The summed E-state index contributed by atoms with van der Waals surface area (Å²) in [5.74, 6) is -0.732. The van der Waals surface area contributed by atoms with Crippen molar-refractivity contribution in [1.82, 2.24) is 19.1 Å². The second-order valence-corrected chi connectivity index (χ2v) is 9.56. The highest BCUT2D eigenvalue weighted by molar-refractivity contribution is 5.92. The monoisotopic (exact) mass is 567 g/mol. The zero-order valence-corrected chi connectivity index (χ0v) is 22.9. The van der Waals surface area contributed by atoms with Gasteiger partial charge in [-0.1, -0.05) is 12.1 Å². The zero-order valence-electron chi connectivity index (χ0n) is 22.9. The number of fused-ring (bicyclic) bond motifs is 1. The van der Waals surface area contributed by atoms with Crippen molar-refractivity contribution in [2.24, 2.45) is 0 Å². The summed E-state index contributed by atoms with van der Waals surface area (Å²) in [5, 5.41) is 18.4. The van der Waals surface area contributed by atoms with E-state index >= 15 is 0 Å². The van der Waals surface area contributed by atoms with Crippen molar-refractivity contribution >= 4 is 17.0 Å². The highest BCUT2D eigenvalue weighted by Crippen LogP contribution is 2.23. The highest BCUT2D eigenvalue weighted by atomic mass is 19.1. The molecule has 0 atom stereocenters. The number of hydrogen-bond donors (Lipinski definition) is 1. The molecule has 5 rings (SSSR count). The van der Waals surface area contributed by atoms with Crippen LogP contribution in [-0.4, -0.2) is 43.9 Å². The molecule has 3 aromatic heterocycles. The van der Waals surface area contributed by atoms with E-state index in [2.05, 4.69) is 9.97 Å². The van der Waals surface area contributed by atoms with E-state index in [1.807, 2.05) is 23.6 Å². The fourth-order valence-corrected chi connectivity index (χ4v) is 4.62. The van der Waals surface area contributed by atoms with Crippen molar-refractivity contribution in [2.75, 3.05) is 13.7 Å². The largest absolute Gasteiger partial charge is 0.478 e. The van der Waals surface area contributed by atoms with E-state index in [0.29, 0.717) is 47.0 Å². The first-order valence-electron chi connectivity index (χ1n) is 13.0. The van der Waals surface area contributed by atoms with Crippen LogP contribution in [0.1, 0.15) is 33.0 Å². The SMILES string of the molecule is COCCn1c(Cn2c(C)cc(-c3cccc(OCc4ccc(C#N)cc4F)n3)cc2=O)nc2ccc(C(=O)O)cc21. The van der Waals surface area contributed by atoms with E-state index in [1.165, 1.54) is 24.3 Å². The van der Waals surface area contributed by atoms with Crippen molar-refractivity contribution < 1.29 is 23.8 Å². The van der Waals surface area contributed by atoms with Gasteiger partial charge in [0, 0.05) is 42.6 Å². The van der Waals surface area contributed by atoms with Crippen molar-refractivity contribution in [2.45, 2.75) is 26.6 Å². The van der Waals surface area contributed by atoms with E-state index in [0.717, 1.165) is 6.07 Å². The highest BCUT2D eigenvalue weighted by Gasteiger charge is 2.16. The van der Waals surface area contributed by atoms with Gasteiger partial charge in [0.1, 0.15) is 18.2 Å². The molecule has 0 spiro atoms. The molecular weight excluding hydrogens is 541 g/mol. The molecule has 0 saturated heterocycles. The van der Waals surface area contributed by atoms with Gasteiger partial charge in [-0.15, -0.1) is 0 Å². The molecule has 11 heteroatoms. The van der Waals surface area contributed by atoms with E-state index in [4.69, 9.17) is 14.7 Å². The Morgan fingerprint density at radius 1 is 1.07 bits per heavy atom. The lowest BCUT2D eigenvalue weighted by molar-refractivity contribution is 0.0697. The maximum atomic E-state index is 14.2. The first-order chi connectivity index (χ1) is 20.3. The number of methoxy groups -OCH3 is 1. The fourth-order valence-electron chi connectivity index (χ4n) is 4.62. The minimum atomic E-state index is -1.04. The van der Waals surface area contributed by atoms with E-state index in [1.54, 1.807) is 42.0 Å². The van der Waals surface area contributed by atoms with Gasteiger partial charge in [0.2, 0.25) is 5.88 Å². The van der Waals surface area contributed by atoms with Gasteiger partial charge in [-0.25, -0.2) is 19.2 Å². The molecule has 0 bridgehead atoms. The minimum absolute atomic E-state index is 0.0767. The molecule has 1 N–H and O–H groups in total. The number of halogens is 1. The molecule has 42 heavy (non-hydrogen) atoms. The third kappa shape index (κ3) is 5.89. The zero-order chi connectivity index (χ0) is 29.8. The number of ether oxygens (including phenoxy) is 2. The first kappa shape index (κ1) is 28.2. The lowest BCUT2D eigenvalue weighted by Crippen LogP contribution is -2.24. The Kier molecular flexibility index (Phi) is 8.08. The number of imidazole rings is 1. The van der Waals surface area contributed by atoms with Crippen molar-refractivity contribution in [3.05, 3.63) is 111 Å². The van der Waals surface area contributed by atoms with Crippen LogP contribution in [-0.2, 0) is 24.4 Å². The standard InChI is InChI=1S/C31H26FN5O5/c1-19-12-23(25-4-3-5-29(35-25)42-18-22-7-6-20(16-33)13-24(22)32)15-30(38)37(19)17-28-34-26-9-8-21(31(39)40)14-27(26)36(28)10-11-41-2/h3-9,12-15H,10-11,17-18H2,1-2H3,(H,39,40). The number of nitriles is 1. The van der Waals surface area contributed by atoms with Crippen LogP contribution in [0, 0.1) is 24.1 Å². The van der Waals surface area contributed by atoms with Crippen LogP contribution in [0.4, 0.5) is 4.39 Å². The smallest absolute Gasteiger partial charge is 0.335 e. The quantitative estimate of drug-likeness (QED) is 0.260. The number of carboxylic acids is 1. The number of carbonyl (C=O) groups is 1. The fraction of sp³-hybridized carbons (Fsp3) is 0.194. The van der Waals surface area contributed by atoms with Crippen LogP contribution in [0.25, 0.3) is 22.3 Å². The van der Waals surface area contributed by atoms with E-state index < -0.39 is 11.8 Å². The Hall–Kier alpha value is -5.34. The molecule has 0 fully saturated rings. The summed E-state index contributed by atoms with van der Waals surface area (Å²) >= 11 is 0. The molecule has 0 aliphatic heterocycles. The lowest BCUT2D eigenvalue weighted by atomic mass is 10.1. The van der Waals surface area contributed by atoms with Crippen LogP contribution >= 0.6 is 0 Å². The van der Waals surface area contributed by atoms with Gasteiger partial charge >= 0.3 is 5.97 Å². The van der Waals surface area contributed by atoms with Crippen LogP contribution in [0.2, 0.25) is 0 Å². The van der Waals surface area contributed by atoms with Crippen molar-refractivity contribution in [3.8, 4) is 23.2 Å². The average Bonchev–Trinajstić information content (AvgIpc) is 3.33. The number of pyridine rings is 2. The molecule has 5 aromatic rings. The molecule has 0 unspecified atom stereocenters. The van der Waals surface area contributed by atoms with Crippen LogP contribution < -0.4 is 10.3 Å². The number of hydrogen-bond acceptors (Lipinski definition) is 7. The predicted molar refractivity (Wildman–Crippen MR) is 152 cm³/mol. The molecular formula is C31H26FN5O5. The van der Waals surface area contributed by atoms with E-state index in [-0.39, 0.29) is 41.3 Å². The number of aromatic nitrogens is 4. The number of rotatable bonds is 10. The van der Waals surface area contributed by atoms with Gasteiger partial charge in [-0.3, -0.25) is 4.79 Å². The number of aryl methyl sites for hydroxylation is 1. The van der Waals surface area contributed by atoms with Gasteiger partial charge in [0.05, 0.1) is 47.1 Å². The topological polar surface area (TPSA) is 132 Å². The molecule has 3 heterocycles. The molecule has 2 aromatic carbocycles. The summed E-state index contributed by atoms with van der Waals surface area (Å²) < 4.78 is 28.6. The van der Waals surface area contributed by atoms with Crippen LogP contribution in [0.15, 0.2) is 71.5 Å². The van der Waals surface area contributed by atoms with Gasteiger partial charge in [-0.2, -0.15) is 5.26 Å². The summed E-state index contributed by atoms with van der Waals surface area (Å²) in [6.07, 6.45) is 0. The second kappa shape index (κ2) is 12.0. The Morgan fingerprint density at radius 2 is 1.90 bits per heavy atom. The maximum Gasteiger partial charge on any atom is 0.335 e. The summed E-state index contributed by atoms with van der Waals surface area (Å²) in [6, 6.07) is 19.2. The molecule has 0 saturated carbocycles. The van der Waals surface area contributed by atoms with Gasteiger partial charge in [-0.05, 0) is 49.4 Å². The summed E-state index contributed by atoms with van der Waals surface area (Å²) in [5.41, 5.74) is 3.41. The van der Waals surface area contributed by atoms with Gasteiger partial charge in [0.15, 0.2) is 0 Å². The second-order valence-electron chi connectivity index (χ2n) is 9.56. The average molecular weight is 568 g/mol. The summed E-state index contributed by atoms with van der Waals surface area (Å²) in [6.45, 7) is 2.71. The Bertz CT molecular complexity index is 1910. The van der Waals surface area contributed by atoms with E-state index in [9.17, 15) is 19.1 Å². The third-order valence-electron chi connectivity index (χ3n) is 6.80. The number of benzene rings is 2. The van der Waals surface area contributed by atoms with Gasteiger partial charge in [0.25, 0.3) is 5.56 Å². The third-order valence-corrected chi connectivity index (χ3v) is 6.80. The summed E-state index contributed by atoms with van der Waals surface area (Å²) in [7, 11) is 1.58. The van der Waals surface area contributed by atoms with Crippen molar-refractivity contribution in [3.63, 3.8) is 0 Å². The summed E-state index contributed by atoms with van der Waals surface area (Å²) in [4.78, 5) is 34.0. The number of aromatic carboxylic acids is 1. The minimum Gasteiger partial charge on any atom is -0.478 e. The predicted octanol–water partition coefficient (Wildman–Crippen LogP) is 4.55. The molecule has 212 valence electrons. The van der Waals surface area contributed by atoms with Crippen molar-refractivity contribution in [1.29, 1.82) is 5.26 Å². The Labute approximate surface area is 239 Å². The number of nitrogens with zero attached hydrogens (tertiary/aromatic N) is 5. The van der Waals surface area contributed by atoms with Crippen LogP contribution in [0.5, 0.6) is 5.88 Å². The lowest BCUT2D eigenvalue weighted by Gasteiger charge is -2.14. The Balaban J connectivity index is 1.41. The molecule has 0 radical (unpaired) electrons. The molecule has 0 aliphatic rings. The first-order valence-corrected chi connectivity index (χ1v) is 13.0. The van der Waals surface area contributed by atoms with Gasteiger partial charge < -0.3 is 23.7 Å². The maximum absolute atomic E-state index is 14.2.